The summed E-state index contributed by atoms with van der Waals surface area (Å²) in [6.07, 6.45) is 9.51. The molecule has 3 aliphatic carbocycles. The topological polar surface area (TPSA) is 78.5 Å². The van der Waals surface area contributed by atoms with Crippen molar-refractivity contribution in [1.82, 2.24) is 4.90 Å². The minimum atomic E-state index is -0.656. The molecule has 3 amide bonds. The quantitative estimate of drug-likeness (QED) is 0.612. The van der Waals surface area contributed by atoms with Gasteiger partial charge in [0.15, 0.2) is 0 Å². The Morgan fingerprint density at radius 2 is 1.62 bits per heavy atom. The molecule has 0 radical (unpaired) electrons. The van der Waals surface area contributed by atoms with E-state index in [9.17, 15) is 14.4 Å². The summed E-state index contributed by atoms with van der Waals surface area (Å²) in [6.45, 7) is 6.35. The van der Waals surface area contributed by atoms with Crippen LogP contribution in [-0.4, -0.2) is 35.7 Å². The fourth-order valence-corrected chi connectivity index (χ4v) is 8.55. The number of nitrogens with one attached hydrogen (secondary N) is 2. The number of fused-ring (bicyclic) bond motifs is 5. The van der Waals surface area contributed by atoms with Crippen molar-refractivity contribution in [2.45, 2.75) is 78.2 Å². The van der Waals surface area contributed by atoms with Crippen molar-refractivity contribution in [3.8, 4) is 0 Å². The molecule has 5 rings (SSSR count). The Balaban J connectivity index is 1.35. The van der Waals surface area contributed by atoms with E-state index < -0.39 is 5.92 Å². The second kappa shape index (κ2) is 8.39. The van der Waals surface area contributed by atoms with Gasteiger partial charge in [0.2, 0.25) is 17.7 Å². The lowest BCUT2D eigenvalue weighted by Gasteiger charge is -2.62. The zero-order chi connectivity index (χ0) is 24.3. The molecule has 0 spiro atoms. The average molecular weight is 466 g/mol. The molecule has 2 N–H and O–H groups in total. The minimum Gasteiger partial charge on any atom is -0.342 e. The summed E-state index contributed by atoms with van der Waals surface area (Å²) >= 11 is 0. The first-order valence-corrected chi connectivity index (χ1v) is 13.1. The van der Waals surface area contributed by atoms with Gasteiger partial charge in [-0.2, -0.15) is 0 Å². The molecule has 4 fully saturated rings. The van der Waals surface area contributed by atoms with Gasteiger partial charge in [-0.05, 0) is 97.8 Å². The molecule has 6 nitrogen and oxygen atoms in total. The molecule has 1 aromatic rings. The first-order chi connectivity index (χ1) is 16.1. The molecular formula is C28H39N3O3. The van der Waals surface area contributed by atoms with Gasteiger partial charge in [0.05, 0.1) is 0 Å². The molecule has 0 bridgehead atoms. The first kappa shape index (κ1) is 23.4. The molecule has 4 aliphatic rings. The van der Waals surface area contributed by atoms with E-state index in [2.05, 4.69) is 24.5 Å². The van der Waals surface area contributed by atoms with Crippen LogP contribution in [0.25, 0.3) is 0 Å². The lowest BCUT2D eigenvalue weighted by molar-refractivity contribution is -0.168. The Labute approximate surface area is 203 Å². The molecule has 2 unspecified atom stereocenters. The molecule has 184 valence electrons. The smallest absolute Gasteiger partial charge is 0.236 e. The highest BCUT2D eigenvalue weighted by Gasteiger charge is 2.61. The van der Waals surface area contributed by atoms with E-state index in [-0.39, 0.29) is 29.2 Å². The second-order valence-electron chi connectivity index (χ2n) is 12.0. The number of amides is 3. The van der Waals surface area contributed by atoms with Crippen LogP contribution in [0.2, 0.25) is 0 Å². The number of carbonyl (C=O) groups excluding carboxylic acids is 3. The van der Waals surface area contributed by atoms with E-state index in [0.29, 0.717) is 29.1 Å². The monoisotopic (exact) mass is 465 g/mol. The van der Waals surface area contributed by atoms with Gasteiger partial charge in [-0.25, -0.2) is 0 Å². The fraction of sp³-hybridized carbons (Fsp3) is 0.679. The Morgan fingerprint density at radius 3 is 2.29 bits per heavy atom. The maximum atomic E-state index is 13.4. The van der Waals surface area contributed by atoms with Gasteiger partial charge in [0.25, 0.3) is 0 Å². The van der Waals surface area contributed by atoms with E-state index in [0.717, 1.165) is 18.3 Å². The molecular weight excluding hydrogens is 426 g/mol. The summed E-state index contributed by atoms with van der Waals surface area (Å²) < 4.78 is 0. The highest BCUT2D eigenvalue weighted by molar-refractivity contribution is 6.07. The second-order valence-corrected chi connectivity index (χ2v) is 12.0. The largest absolute Gasteiger partial charge is 0.342 e. The predicted octanol–water partition coefficient (Wildman–Crippen LogP) is 5.06. The number of rotatable bonds is 3. The minimum absolute atomic E-state index is 0.0211. The van der Waals surface area contributed by atoms with Crippen LogP contribution in [0.1, 0.15) is 72.1 Å². The number of likely N-dealkylation sites (tertiary alicyclic amines) is 1. The van der Waals surface area contributed by atoms with Gasteiger partial charge in [-0.15, -0.1) is 0 Å². The van der Waals surface area contributed by atoms with Gasteiger partial charge in [0.1, 0.15) is 5.92 Å². The van der Waals surface area contributed by atoms with Crippen molar-refractivity contribution in [2.75, 3.05) is 17.7 Å². The maximum absolute atomic E-state index is 13.4. The first-order valence-electron chi connectivity index (χ1n) is 13.1. The Kier molecular flexibility index (Phi) is 5.77. The van der Waals surface area contributed by atoms with Crippen LogP contribution in [0.5, 0.6) is 0 Å². The number of hydrogen-bond donors (Lipinski definition) is 2. The van der Waals surface area contributed by atoms with Crippen molar-refractivity contribution in [2.24, 2.45) is 34.5 Å². The molecule has 3 saturated carbocycles. The summed E-state index contributed by atoms with van der Waals surface area (Å²) in [5.41, 5.74) is 1.80. The van der Waals surface area contributed by atoms with Gasteiger partial charge < -0.3 is 15.5 Å². The van der Waals surface area contributed by atoms with Crippen LogP contribution in [0.3, 0.4) is 0 Å². The summed E-state index contributed by atoms with van der Waals surface area (Å²) in [4.78, 5) is 39.9. The van der Waals surface area contributed by atoms with Crippen LogP contribution in [0.4, 0.5) is 11.4 Å². The third kappa shape index (κ3) is 3.74. The summed E-state index contributed by atoms with van der Waals surface area (Å²) in [7, 11) is 1.91. The fourth-order valence-electron chi connectivity index (χ4n) is 8.55. The number of anilines is 2. The van der Waals surface area contributed by atoms with Gasteiger partial charge in [-0.3, -0.25) is 14.4 Å². The van der Waals surface area contributed by atoms with E-state index >= 15 is 0 Å². The van der Waals surface area contributed by atoms with Crippen molar-refractivity contribution in [3.63, 3.8) is 0 Å². The van der Waals surface area contributed by atoms with Crippen LogP contribution in [0.15, 0.2) is 24.3 Å². The van der Waals surface area contributed by atoms with E-state index in [1.54, 1.807) is 24.3 Å². The van der Waals surface area contributed by atoms with Crippen molar-refractivity contribution < 1.29 is 14.4 Å². The Bertz CT molecular complexity index is 991. The zero-order valence-electron chi connectivity index (χ0n) is 21.0. The number of hydrogen-bond acceptors (Lipinski definition) is 3. The van der Waals surface area contributed by atoms with Crippen LogP contribution < -0.4 is 10.6 Å². The highest BCUT2D eigenvalue weighted by Crippen LogP contribution is 2.65. The van der Waals surface area contributed by atoms with Gasteiger partial charge in [-0.1, -0.05) is 20.3 Å². The van der Waals surface area contributed by atoms with Crippen molar-refractivity contribution in [1.29, 1.82) is 0 Å². The van der Waals surface area contributed by atoms with Gasteiger partial charge >= 0.3 is 0 Å². The Hall–Kier alpha value is -2.37. The summed E-state index contributed by atoms with van der Waals surface area (Å²) in [6, 6.07) is 7.28. The van der Waals surface area contributed by atoms with Crippen molar-refractivity contribution in [3.05, 3.63) is 24.3 Å². The van der Waals surface area contributed by atoms with Gasteiger partial charge in [0, 0.05) is 31.4 Å². The molecule has 7 atom stereocenters. The maximum Gasteiger partial charge on any atom is 0.236 e. The SMILES string of the molecule is CC(=O)Nc1ccc(NC(=O)C2C[C@@]3(C)C(CC[C@@H]4[C@H]3CC[C@]3(C)CCC[C@@H]43)N(C)C2=O)cc1. The third-order valence-corrected chi connectivity index (χ3v) is 10.1. The van der Waals surface area contributed by atoms with Crippen LogP contribution >= 0.6 is 0 Å². The van der Waals surface area contributed by atoms with E-state index in [1.807, 2.05) is 11.9 Å². The molecule has 0 aromatic heterocycles. The zero-order valence-corrected chi connectivity index (χ0v) is 21.0. The Morgan fingerprint density at radius 1 is 0.941 bits per heavy atom. The number of benzene rings is 1. The normalized spacial score (nSPS) is 39.0. The lowest BCUT2D eigenvalue weighted by Crippen LogP contribution is -2.64. The van der Waals surface area contributed by atoms with Crippen molar-refractivity contribution >= 4 is 29.1 Å². The number of nitrogens with zero attached hydrogens (tertiary/aromatic N) is 1. The summed E-state index contributed by atoms with van der Waals surface area (Å²) in [5.74, 6) is 1.07. The van der Waals surface area contributed by atoms with E-state index in [1.165, 1.54) is 45.4 Å². The highest BCUT2D eigenvalue weighted by atomic mass is 16.2. The van der Waals surface area contributed by atoms with Crippen LogP contribution in [0, 0.1) is 34.5 Å². The third-order valence-electron chi connectivity index (χ3n) is 10.1. The average Bonchev–Trinajstić information content (AvgIpc) is 3.19. The summed E-state index contributed by atoms with van der Waals surface area (Å²) in [5, 5.41) is 5.70. The number of carbonyl (C=O) groups is 3. The van der Waals surface area contributed by atoms with E-state index in [4.69, 9.17) is 0 Å². The number of piperidine rings is 1. The standard InChI is InChI=1S/C28H39N3O3/c1-17(32)29-18-7-9-19(10-8-18)30-25(33)21-16-28(3)23-13-15-27(2)14-5-6-22(27)20(23)11-12-24(28)31(4)26(21)34/h7-10,20-24H,5-6,11-16H2,1-4H3,(H,29,32)(H,30,33)/t20-,21?,22-,23+,24?,27-,28+/m0/s1. The molecule has 1 heterocycles. The lowest BCUT2D eigenvalue weighted by atomic mass is 9.47. The molecule has 1 aromatic carbocycles. The molecule has 6 heteroatoms. The van der Waals surface area contributed by atoms with Crippen LogP contribution in [-0.2, 0) is 14.4 Å². The molecule has 1 aliphatic heterocycles. The molecule has 1 saturated heterocycles. The predicted molar refractivity (Wildman–Crippen MR) is 133 cm³/mol. The molecule has 34 heavy (non-hydrogen) atoms.